The average molecular weight is 337 g/mol. The second-order valence-electron chi connectivity index (χ2n) is 5.42. The third kappa shape index (κ3) is 2.80. The van der Waals surface area contributed by atoms with Crippen LogP contribution in [0.3, 0.4) is 0 Å². The van der Waals surface area contributed by atoms with Crippen molar-refractivity contribution in [1.29, 1.82) is 5.26 Å². The first-order valence-electron chi connectivity index (χ1n) is 6.49. The lowest BCUT2D eigenvalue weighted by Gasteiger charge is -2.33. The van der Waals surface area contributed by atoms with Crippen LogP contribution < -0.4 is 4.74 Å². The van der Waals surface area contributed by atoms with Crippen molar-refractivity contribution in [2.45, 2.75) is 38.3 Å². The second-order valence-corrected chi connectivity index (χ2v) is 6.34. The first-order valence-corrected chi connectivity index (χ1v) is 7.28. The van der Waals surface area contributed by atoms with E-state index in [2.05, 4.69) is 22.0 Å². The van der Waals surface area contributed by atoms with Gasteiger partial charge in [-0.3, -0.25) is 4.79 Å². The van der Waals surface area contributed by atoms with Gasteiger partial charge in [0.25, 0.3) is 5.91 Å². The quantitative estimate of drug-likeness (QED) is 0.846. The van der Waals surface area contributed by atoms with Crippen molar-refractivity contribution in [3.63, 3.8) is 0 Å². The highest BCUT2D eigenvalue weighted by atomic mass is 79.9. The van der Waals surface area contributed by atoms with Gasteiger partial charge in [0, 0.05) is 10.5 Å². The van der Waals surface area contributed by atoms with E-state index in [1.54, 1.807) is 36.9 Å². The second kappa shape index (κ2) is 5.45. The Morgan fingerprint density at radius 3 is 2.65 bits per heavy atom. The molecule has 0 radical (unpaired) electrons. The summed E-state index contributed by atoms with van der Waals surface area (Å²) in [5.74, 6) is 0.368. The van der Waals surface area contributed by atoms with Crippen LogP contribution in [0.2, 0.25) is 0 Å². The number of hydrogen-bond acceptors (Lipinski definition) is 3. The fraction of sp³-hybridized carbons (Fsp3) is 0.467. The van der Waals surface area contributed by atoms with Crippen molar-refractivity contribution in [3.8, 4) is 11.8 Å². The normalized spacial score (nSPS) is 14.6. The average Bonchev–Trinajstić information content (AvgIpc) is 3.22. The summed E-state index contributed by atoms with van der Waals surface area (Å²) in [7, 11) is 1.54. The van der Waals surface area contributed by atoms with Crippen molar-refractivity contribution >= 4 is 21.8 Å². The molecule has 106 valence electrons. The number of carbonyl (C=O) groups is 1. The molecule has 1 fully saturated rings. The van der Waals surface area contributed by atoms with E-state index in [4.69, 9.17) is 4.74 Å². The van der Waals surface area contributed by atoms with Crippen LogP contribution in [0, 0.1) is 11.3 Å². The fourth-order valence-electron chi connectivity index (χ4n) is 2.23. The summed E-state index contributed by atoms with van der Waals surface area (Å²) in [4.78, 5) is 14.5. The van der Waals surface area contributed by atoms with E-state index < -0.39 is 5.54 Å². The van der Waals surface area contributed by atoms with Crippen molar-refractivity contribution < 1.29 is 9.53 Å². The number of methoxy groups -OCH3 is 1. The number of hydrogen-bond donors (Lipinski definition) is 0. The van der Waals surface area contributed by atoms with Crippen LogP contribution in [-0.2, 0) is 0 Å². The molecule has 0 heterocycles. The lowest BCUT2D eigenvalue weighted by molar-refractivity contribution is 0.0612. The number of nitrogens with zero attached hydrogens (tertiary/aromatic N) is 2. The number of amides is 1. The topological polar surface area (TPSA) is 53.3 Å². The van der Waals surface area contributed by atoms with Crippen molar-refractivity contribution in [3.05, 3.63) is 28.2 Å². The van der Waals surface area contributed by atoms with Crippen LogP contribution in [-0.4, -0.2) is 29.5 Å². The molecule has 0 N–H and O–H groups in total. The summed E-state index contributed by atoms with van der Waals surface area (Å²) in [5, 5.41) is 9.32. The molecule has 0 saturated heterocycles. The van der Waals surface area contributed by atoms with Crippen LogP contribution in [0.1, 0.15) is 37.0 Å². The molecule has 1 aromatic carbocycles. The smallest absolute Gasteiger partial charge is 0.259 e. The Bertz CT molecular complexity index is 574. The minimum atomic E-state index is -0.823. The van der Waals surface area contributed by atoms with Crippen LogP contribution in [0.4, 0.5) is 0 Å². The highest BCUT2D eigenvalue weighted by Gasteiger charge is 2.42. The summed E-state index contributed by atoms with van der Waals surface area (Å²) in [6.07, 6.45) is 1.91. The van der Waals surface area contributed by atoms with E-state index in [0.29, 0.717) is 11.3 Å². The van der Waals surface area contributed by atoms with Crippen LogP contribution >= 0.6 is 15.9 Å². The molecule has 0 atom stereocenters. The molecule has 4 nitrogen and oxygen atoms in total. The molecule has 1 amide bonds. The molecule has 1 saturated carbocycles. The number of benzene rings is 1. The SMILES string of the molecule is COc1cc(Br)ccc1C(=O)N(C1CC1)C(C)(C)C#N. The number of halogens is 1. The lowest BCUT2D eigenvalue weighted by atomic mass is 10.0. The molecular weight excluding hydrogens is 320 g/mol. The molecule has 20 heavy (non-hydrogen) atoms. The molecular formula is C15H17BrN2O2. The largest absolute Gasteiger partial charge is 0.496 e. The molecule has 5 heteroatoms. The van der Waals surface area contributed by atoms with Crippen LogP contribution in [0.25, 0.3) is 0 Å². The van der Waals surface area contributed by atoms with Gasteiger partial charge < -0.3 is 9.64 Å². The highest BCUT2D eigenvalue weighted by Crippen LogP contribution is 2.36. The summed E-state index contributed by atoms with van der Waals surface area (Å²) < 4.78 is 6.13. The Morgan fingerprint density at radius 1 is 1.50 bits per heavy atom. The van der Waals surface area contributed by atoms with Gasteiger partial charge >= 0.3 is 0 Å². The van der Waals surface area contributed by atoms with E-state index in [9.17, 15) is 10.1 Å². The maximum absolute atomic E-state index is 12.8. The number of rotatable bonds is 4. The van der Waals surface area contributed by atoms with Crippen molar-refractivity contribution in [2.75, 3.05) is 7.11 Å². The molecule has 1 aliphatic rings. The van der Waals surface area contributed by atoms with Crippen molar-refractivity contribution in [1.82, 2.24) is 4.90 Å². The van der Waals surface area contributed by atoms with Gasteiger partial charge in [0.15, 0.2) is 0 Å². The van der Waals surface area contributed by atoms with E-state index >= 15 is 0 Å². The van der Waals surface area contributed by atoms with Gasteiger partial charge in [0.1, 0.15) is 11.3 Å². The van der Waals surface area contributed by atoms with Gasteiger partial charge in [0.05, 0.1) is 18.7 Å². The number of ether oxygens (including phenoxy) is 1. The van der Waals surface area contributed by atoms with Crippen molar-refractivity contribution in [2.24, 2.45) is 0 Å². The Hall–Kier alpha value is -1.54. The zero-order valence-corrected chi connectivity index (χ0v) is 13.4. The minimum Gasteiger partial charge on any atom is -0.496 e. The zero-order chi connectivity index (χ0) is 14.9. The molecule has 0 unspecified atom stereocenters. The Morgan fingerprint density at radius 2 is 2.15 bits per heavy atom. The predicted molar refractivity (Wildman–Crippen MR) is 79.6 cm³/mol. The van der Waals surface area contributed by atoms with Gasteiger partial charge in [-0.25, -0.2) is 0 Å². The standard InChI is InChI=1S/C15H17BrN2O2/c1-15(2,9-17)18(11-5-6-11)14(19)12-7-4-10(16)8-13(12)20-3/h4,7-8,11H,5-6H2,1-3H3. The Balaban J connectivity index is 2.41. The van der Waals surface area contributed by atoms with E-state index in [1.165, 1.54) is 7.11 Å². The van der Waals surface area contributed by atoms with Gasteiger partial charge in [-0.2, -0.15) is 5.26 Å². The predicted octanol–water partition coefficient (Wildman–Crippen LogP) is 3.36. The third-order valence-corrected chi connectivity index (χ3v) is 3.89. The van der Waals surface area contributed by atoms with E-state index in [-0.39, 0.29) is 11.9 Å². The molecule has 2 rings (SSSR count). The first kappa shape index (κ1) is 14.9. The zero-order valence-electron chi connectivity index (χ0n) is 11.8. The fourth-order valence-corrected chi connectivity index (χ4v) is 2.57. The van der Waals surface area contributed by atoms with Gasteiger partial charge in [0.2, 0.25) is 0 Å². The summed E-state index contributed by atoms with van der Waals surface area (Å²) in [6.45, 7) is 3.54. The summed E-state index contributed by atoms with van der Waals surface area (Å²) in [5.41, 5.74) is -0.331. The van der Waals surface area contributed by atoms with E-state index in [1.807, 2.05) is 0 Å². The lowest BCUT2D eigenvalue weighted by Crippen LogP contribution is -2.48. The third-order valence-electron chi connectivity index (χ3n) is 3.40. The molecule has 0 aromatic heterocycles. The maximum atomic E-state index is 12.8. The molecule has 0 aliphatic heterocycles. The Labute approximate surface area is 127 Å². The minimum absolute atomic E-state index is 0.150. The summed E-state index contributed by atoms with van der Waals surface area (Å²) >= 11 is 3.36. The molecule has 0 spiro atoms. The monoisotopic (exact) mass is 336 g/mol. The Kier molecular flexibility index (Phi) is 4.05. The first-order chi connectivity index (χ1) is 9.40. The highest BCUT2D eigenvalue weighted by molar-refractivity contribution is 9.10. The molecule has 1 aliphatic carbocycles. The van der Waals surface area contributed by atoms with Gasteiger partial charge in [-0.1, -0.05) is 15.9 Å². The van der Waals surface area contributed by atoms with Crippen LogP contribution in [0.15, 0.2) is 22.7 Å². The van der Waals surface area contributed by atoms with E-state index in [0.717, 1.165) is 17.3 Å². The molecule has 0 bridgehead atoms. The van der Waals surface area contributed by atoms with Gasteiger partial charge in [-0.05, 0) is 44.9 Å². The number of nitriles is 1. The summed E-state index contributed by atoms with van der Waals surface area (Å²) in [6, 6.07) is 7.67. The maximum Gasteiger partial charge on any atom is 0.259 e. The van der Waals surface area contributed by atoms with Crippen LogP contribution in [0.5, 0.6) is 5.75 Å². The van der Waals surface area contributed by atoms with Gasteiger partial charge in [-0.15, -0.1) is 0 Å². The number of carbonyl (C=O) groups excluding carboxylic acids is 1. The molecule has 1 aromatic rings.